The summed E-state index contributed by atoms with van der Waals surface area (Å²) in [5, 5.41) is 2.00. The highest BCUT2D eigenvalue weighted by atomic mass is 32.1. The van der Waals surface area contributed by atoms with Crippen molar-refractivity contribution in [1.29, 1.82) is 0 Å². The molecule has 1 amide bonds. The van der Waals surface area contributed by atoms with Crippen molar-refractivity contribution in [3.63, 3.8) is 0 Å². The Morgan fingerprint density at radius 3 is 2.75 bits per heavy atom. The van der Waals surface area contributed by atoms with Crippen molar-refractivity contribution in [2.45, 2.75) is 57.2 Å². The molecule has 5 heteroatoms. The summed E-state index contributed by atoms with van der Waals surface area (Å²) >= 11 is 5.72. The molecule has 0 bridgehead atoms. The number of rotatable bonds is 1. The van der Waals surface area contributed by atoms with Crippen LogP contribution in [0.15, 0.2) is 24.3 Å². The molecule has 1 aromatic carbocycles. The van der Waals surface area contributed by atoms with Crippen molar-refractivity contribution >= 4 is 34.1 Å². The van der Waals surface area contributed by atoms with E-state index in [1.165, 1.54) is 35.9 Å². The molecule has 4 nitrogen and oxygen atoms in total. The maximum absolute atomic E-state index is 13.1. The highest BCUT2D eigenvalue weighted by Gasteiger charge is 2.47. The van der Waals surface area contributed by atoms with Crippen molar-refractivity contribution in [3.05, 3.63) is 35.5 Å². The van der Waals surface area contributed by atoms with Gasteiger partial charge in [-0.25, -0.2) is 0 Å². The van der Waals surface area contributed by atoms with E-state index in [0.29, 0.717) is 6.04 Å². The van der Waals surface area contributed by atoms with Gasteiger partial charge in [-0.2, -0.15) is 0 Å². The van der Waals surface area contributed by atoms with Crippen LogP contribution < -0.4 is 0 Å². The Morgan fingerprint density at radius 1 is 1.12 bits per heavy atom. The monoisotopic (exact) mass is 339 g/mol. The van der Waals surface area contributed by atoms with Gasteiger partial charge in [0.25, 0.3) is 5.91 Å². The van der Waals surface area contributed by atoms with Crippen molar-refractivity contribution in [2.75, 3.05) is 0 Å². The molecule has 1 aromatic heterocycles. The zero-order chi connectivity index (χ0) is 16.3. The third kappa shape index (κ3) is 1.97. The number of nitrogens with one attached hydrogen (secondary N) is 1. The third-order valence-corrected chi connectivity index (χ3v) is 6.35. The van der Waals surface area contributed by atoms with Gasteiger partial charge in [-0.1, -0.05) is 37.5 Å². The quantitative estimate of drug-likeness (QED) is 0.810. The van der Waals surface area contributed by atoms with Crippen molar-refractivity contribution < 1.29 is 4.79 Å². The second kappa shape index (κ2) is 5.31. The fourth-order valence-corrected chi connectivity index (χ4v) is 5.13. The Hall–Kier alpha value is -1.88. The predicted octanol–water partition coefficient (Wildman–Crippen LogP) is 3.35. The fourth-order valence-electron chi connectivity index (χ4n) is 4.70. The lowest BCUT2D eigenvalue weighted by atomic mass is 9.93. The van der Waals surface area contributed by atoms with Gasteiger partial charge in [-0.3, -0.25) is 9.69 Å². The number of aromatic amines is 1. The number of nitrogens with zero attached hydrogens (tertiary/aromatic N) is 2. The van der Waals surface area contributed by atoms with Gasteiger partial charge in [0.2, 0.25) is 0 Å². The number of amides is 1. The van der Waals surface area contributed by atoms with Gasteiger partial charge in [-0.05, 0) is 36.7 Å². The summed E-state index contributed by atoms with van der Waals surface area (Å²) < 4.78 is 0. The first-order valence-electron chi connectivity index (χ1n) is 8.96. The molecule has 0 radical (unpaired) electrons. The molecule has 2 fully saturated rings. The van der Waals surface area contributed by atoms with Crippen LogP contribution in [0, 0.1) is 0 Å². The van der Waals surface area contributed by atoms with Gasteiger partial charge in [0.05, 0.1) is 6.54 Å². The molecular weight excluding hydrogens is 318 g/mol. The summed E-state index contributed by atoms with van der Waals surface area (Å²) in [7, 11) is 0. The maximum atomic E-state index is 13.1. The maximum Gasteiger partial charge on any atom is 0.252 e. The molecule has 3 aliphatic rings. The van der Waals surface area contributed by atoms with Crippen LogP contribution in [-0.2, 0) is 17.8 Å². The first-order chi connectivity index (χ1) is 11.7. The smallest absolute Gasteiger partial charge is 0.252 e. The number of hydrogen-bond acceptors (Lipinski definition) is 2. The molecule has 1 saturated heterocycles. The molecule has 1 saturated carbocycles. The molecule has 124 valence electrons. The van der Waals surface area contributed by atoms with Gasteiger partial charge in [-0.15, -0.1) is 0 Å². The first kappa shape index (κ1) is 14.5. The number of fused-ring (bicyclic) bond motifs is 4. The van der Waals surface area contributed by atoms with Gasteiger partial charge in [0.1, 0.15) is 6.04 Å². The zero-order valence-electron chi connectivity index (χ0n) is 13.6. The van der Waals surface area contributed by atoms with Crippen molar-refractivity contribution in [3.8, 4) is 0 Å². The second-order valence-corrected chi connectivity index (χ2v) is 7.62. The molecule has 0 spiro atoms. The number of carbonyl (C=O) groups is 1. The number of aromatic nitrogens is 1. The van der Waals surface area contributed by atoms with E-state index >= 15 is 0 Å². The minimum Gasteiger partial charge on any atom is -0.357 e. The molecule has 1 aliphatic carbocycles. The van der Waals surface area contributed by atoms with Gasteiger partial charge in [0, 0.05) is 29.1 Å². The molecule has 5 rings (SSSR count). The highest BCUT2D eigenvalue weighted by molar-refractivity contribution is 7.80. The fraction of sp³-hybridized carbons (Fsp3) is 0.474. The summed E-state index contributed by atoms with van der Waals surface area (Å²) in [6, 6.07) is 8.58. The highest BCUT2D eigenvalue weighted by Crippen LogP contribution is 2.36. The van der Waals surface area contributed by atoms with Gasteiger partial charge < -0.3 is 9.88 Å². The molecule has 0 unspecified atom stereocenters. The Balaban J connectivity index is 1.50. The standard InChI is InChI=1S/C19H21N3OS/c23-18-17-10-14-13-8-4-5-9-15(13)20-16(14)11-21(17)19(24)22(18)12-6-2-1-3-7-12/h4-5,8-9,12,17,20H,1-3,6-7,10-11H2/t17-/m1/s1. The largest absolute Gasteiger partial charge is 0.357 e. The summed E-state index contributed by atoms with van der Waals surface area (Å²) in [5.41, 5.74) is 3.67. The van der Waals surface area contributed by atoms with E-state index in [2.05, 4.69) is 28.1 Å². The summed E-state index contributed by atoms with van der Waals surface area (Å²) in [6.45, 7) is 0.725. The van der Waals surface area contributed by atoms with Crippen LogP contribution in [0.5, 0.6) is 0 Å². The van der Waals surface area contributed by atoms with Crippen molar-refractivity contribution in [2.24, 2.45) is 0 Å². The summed E-state index contributed by atoms with van der Waals surface area (Å²) in [4.78, 5) is 20.7. The lowest BCUT2D eigenvalue weighted by Gasteiger charge is -2.31. The summed E-state index contributed by atoms with van der Waals surface area (Å²) in [6.07, 6.45) is 6.68. The molecular formula is C19H21N3OS. The number of thiocarbonyl (C=S) groups is 1. The van der Waals surface area contributed by atoms with Crippen LogP contribution in [0.25, 0.3) is 10.9 Å². The third-order valence-electron chi connectivity index (χ3n) is 5.92. The number of hydrogen-bond donors (Lipinski definition) is 1. The minimum absolute atomic E-state index is 0.105. The number of para-hydroxylation sites is 1. The molecule has 2 aliphatic heterocycles. The normalized spacial score (nSPS) is 24.6. The SMILES string of the molecule is O=C1[C@H]2Cc3c([nH]c4ccccc34)CN2C(=S)N1C1CCCCC1. The molecule has 24 heavy (non-hydrogen) atoms. The molecule has 3 heterocycles. The van der Waals surface area contributed by atoms with Crippen LogP contribution in [0.3, 0.4) is 0 Å². The Kier molecular flexibility index (Phi) is 3.20. The zero-order valence-corrected chi connectivity index (χ0v) is 14.4. The van der Waals surface area contributed by atoms with Crippen LogP contribution in [0.1, 0.15) is 43.4 Å². The topological polar surface area (TPSA) is 39.3 Å². The van der Waals surface area contributed by atoms with Crippen LogP contribution in [0.4, 0.5) is 0 Å². The first-order valence-corrected chi connectivity index (χ1v) is 9.37. The van der Waals surface area contributed by atoms with E-state index in [1.807, 2.05) is 11.0 Å². The van der Waals surface area contributed by atoms with E-state index in [1.54, 1.807) is 0 Å². The van der Waals surface area contributed by atoms with Gasteiger partial charge >= 0.3 is 0 Å². The molecule has 1 atom stereocenters. The average Bonchev–Trinajstić information content (AvgIpc) is 3.10. The second-order valence-electron chi connectivity index (χ2n) is 7.26. The van der Waals surface area contributed by atoms with Crippen LogP contribution in [-0.4, -0.2) is 37.9 Å². The number of carbonyl (C=O) groups excluding carboxylic acids is 1. The van der Waals surface area contributed by atoms with E-state index in [-0.39, 0.29) is 11.9 Å². The lowest BCUT2D eigenvalue weighted by Crippen LogP contribution is -2.42. The van der Waals surface area contributed by atoms with Gasteiger partial charge in [0.15, 0.2) is 5.11 Å². The number of H-pyrrole nitrogens is 1. The molecule has 1 N–H and O–H groups in total. The average molecular weight is 339 g/mol. The Morgan fingerprint density at radius 2 is 1.92 bits per heavy atom. The van der Waals surface area contributed by atoms with E-state index in [9.17, 15) is 4.79 Å². The van der Waals surface area contributed by atoms with Crippen molar-refractivity contribution in [1.82, 2.24) is 14.8 Å². The Bertz CT molecular complexity index is 836. The molecule has 2 aromatic rings. The van der Waals surface area contributed by atoms with Crippen LogP contribution in [0.2, 0.25) is 0 Å². The summed E-state index contributed by atoms with van der Waals surface area (Å²) in [5.74, 6) is 0.225. The predicted molar refractivity (Wildman–Crippen MR) is 97.7 cm³/mol. The van der Waals surface area contributed by atoms with E-state index in [4.69, 9.17) is 12.2 Å². The van der Waals surface area contributed by atoms with E-state index < -0.39 is 0 Å². The van der Waals surface area contributed by atoms with Crippen LogP contribution >= 0.6 is 12.2 Å². The van der Waals surface area contributed by atoms with E-state index in [0.717, 1.165) is 36.4 Å². The minimum atomic E-state index is -0.105. The lowest BCUT2D eigenvalue weighted by molar-refractivity contribution is -0.130. The number of benzene rings is 1. The Labute approximate surface area is 146 Å².